The number of halogens is 1. The van der Waals surface area contributed by atoms with E-state index in [4.69, 9.17) is 11.6 Å². The molecule has 2 heteroatoms. The van der Waals surface area contributed by atoms with Gasteiger partial charge in [-0.05, 0) is 29.7 Å². The van der Waals surface area contributed by atoms with E-state index in [9.17, 15) is 0 Å². The number of hydrogen-bond acceptors (Lipinski definition) is 0. The van der Waals surface area contributed by atoms with Crippen LogP contribution in [0.2, 0.25) is 5.02 Å². The van der Waals surface area contributed by atoms with E-state index in [1.54, 1.807) is 0 Å². The first-order valence-corrected chi connectivity index (χ1v) is 6.15. The summed E-state index contributed by atoms with van der Waals surface area (Å²) >= 11 is 5.96. The molecule has 17 heavy (non-hydrogen) atoms. The smallest absolute Gasteiger partial charge is 0.0475 e. The fourth-order valence-corrected chi connectivity index (χ4v) is 2.16. The Labute approximate surface area is 107 Å². The molecule has 1 nitrogen and oxygen atoms in total. The van der Waals surface area contributed by atoms with Crippen LogP contribution in [0.4, 0.5) is 0 Å². The SMILES string of the molecule is C=C(CCC)C(=C)c1c[nH]c2cc(Cl)ccc12. The summed E-state index contributed by atoms with van der Waals surface area (Å²) in [6, 6.07) is 5.85. The van der Waals surface area contributed by atoms with Crippen molar-refractivity contribution >= 4 is 28.1 Å². The minimum absolute atomic E-state index is 0.740. The molecule has 88 valence electrons. The van der Waals surface area contributed by atoms with Gasteiger partial charge in [-0.2, -0.15) is 0 Å². The lowest BCUT2D eigenvalue weighted by Crippen LogP contribution is -1.85. The average molecular weight is 246 g/mol. The van der Waals surface area contributed by atoms with Crippen molar-refractivity contribution in [3.05, 3.63) is 53.7 Å². The fourth-order valence-electron chi connectivity index (χ4n) is 1.99. The van der Waals surface area contributed by atoms with Crippen molar-refractivity contribution in [3.63, 3.8) is 0 Å². The predicted molar refractivity (Wildman–Crippen MR) is 76.4 cm³/mol. The van der Waals surface area contributed by atoms with Gasteiger partial charge in [0.05, 0.1) is 0 Å². The van der Waals surface area contributed by atoms with Crippen molar-refractivity contribution in [3.8, 4) is 0 Å². The summed E-state index contributed by atoms with van der Waals surface area (Å²) in [7, 11) is 0. The van der Waals surface area contributed by atoms with Gasteiger partial charge in [-0.1, -0.05) is 44.2 Å². The topological polar surface area (TPSA) is 15.8 Å². The Morgan fingerprint density at radius 2 is 2.12 bits per heavy atom. The molecule has 2 rings (SSSR count). The van der Waals surface area contributed by atoms with Crippen LogP contribution in [0.1, 0.15) is 25.3 Å². The highest BCUT2D eigenvalue weighted by atomic mass is 35.5. The molecule has 2 aromatic rings. The van der Waals surface area contributed by atoms with Gasteiger partial charge in [0.2, 0.25) is 0 Å². The van der Waals surface area contributed by atoms with E-state index >= 15 is 0 Å². The molecule has 1 aromatic heterocycles. The molecule has 0 aliphatic heterocycles. The van der Waals surface area contributed by atoms with E-state index in [0.717, 1.165) is 45.5 Å². The lowest BCUT2D eigenvalue weighted by molar-refractivity contribution is 0.934. The lowest BCUT2D eigenvalue weighted by Gasteiger charge is -2.07. The predicted octanol–water partition coefficient (Wildman–Crippen LogP) is 5.19. The van der Waals surface area contributed by atoms with Crippen LogP contribution in [0.3, 0.4) is 0 Å². The van der Waals surface area contributed by atoms with E-state index in [-0.39, 0.29) is 0 Å². The number of hydrogen-bond donors (Lipinski definition) is 1. The van der Waals surface area contributed by atoms with Crippen molar-refractivity contribution in [2.24, 2.45) is 0 Å². The normalized spacial score (nSPS) is 10.7. The summed E-state index contributed by atoms with van der Waals surface area (Å²) in [5, 5.41) is 1.89. The van der Waals surface area contributed by atoms with Crippen molar-refractivity contribution in [1.29, 1.82) is 0 Å². The molecule has 0 fully saturated rings. The van der Waals surface area contributed by atoms with Gasteiger partial charge in [-0.25, -0.2) is 0 Å². The Balaban J connectivity index is 2.43. The highest BCUT2D eigenvalue weighted by Crippen LogP contribution is 2.30. The fraction of sp³-hybridized carbons (Fsp3) is 0.200. The maximum absolute atomic E-state index is 5.96. The molecule has 0 aliphatic carbocycles. The first-order chi connectivity index (χ1) is 8.13. The van der Waals surface area contributed by atoms with Gasteiger partial charge in [0.25, 0.3) is 0 Å². The van der Waals surface area contributed by atoms with Crippen LogP contribution >= 0.6 is 11.6 Å². The Kier molecular flexibility index (Phi) is 3.39. The highest BCUT2D eigenvalue weighted by Gasteiger charge is 2.09. The third-order valence-corrected chi connectivity index (χ3v) is 3.18. The second-order valence-corrected chi connectivity index (χ2v) is 4.66. The maximum atomic E-state index is 5.96. The molecular weight excluding hydrogens is 230 g/mol. The number of allylic oxidation sites excluding steroid dienone is 2. The maximum Gasteiger partial charge on any atom is 0.0475 e. The minimum atomic E-state index is 0.740. The molecule has 0 amide bonds. The standard InChI is InChI=1S/C15H16ClN/c1-4-5-10(2)11(3)14-9-17-15-8-12(16)6-7-13(14)15/h6-9,17H,2-5H2,1H3. The lowest BCUT2D eigenvalue weighted by atomic mass is 9.97. The van der Waals surface area contributed by atoms with Crippen LogP contribution < -0.4 is 0 Å². The second-order valence-electron chi connectivity index (χ2n) is 4.22. The van der Waals surface area contributed by atoms with Crippen LogP contribution in [-0.4, -0.2) is 4.98 Å². The third kappa shape index (κ3) is 2.29. The van der Waals surface area contributed by atoms with E-state index in [1.165, 1.54) is 0 Å². The largest absolute Gasteiger partial charge is 0.361 e. The van der Waals surface area contributed by atoms with Gasteiger partial charge in [-0.15, -0.1) is 0 Å². The van der Waals surface area contributed by atoms with Gasteiger partial charge in [0.15, 0.2) is 0 Å². The molecule has 0 saturated heterocycles. The molecule has 0 unspecified atom stereocenters. The molecule has 0 aliphatic rings. The Bertz CT molecular complexity index is 578. The molecule has 1 aromatic carbocycles. The van der Waals surface area contributed by atoms with Gasteiger partial charge >= 0.3 is 0 Å². The van der Waals surface area contributed by atoms with E-state index in [0.29, 0.717) is 0 Å². The van der Waals surface area contributed by atoms with Gasteiger partial charge in [0, 0.05) is 27.7 Å². The van der Waals surface area contributed by atoms with E-state index < -0.39 is 0 Å². The van der Waals surface area contributed by atoms with E-state index in [2.05, 4.69) is 25.1 Å². The molecule has 0 radical (unpaired) electrons. The number of fused-ring (bicyclic) bond motifs is 1. The Morgan fingerprint density at radius 1 is 1.35 bits per heavy atom. The Hall–Kier alpha value is -1.47. The molecule has 0 bridgehead atoms. The van der Waals surface area contributed by atoms with E-state index in [1.807, 2.05) is 24.4 Å². The quantitative estimate of drug-likeness (QED) is 0.714. The van der Waals surface area contributed by atoms with Crippen LogP contribution in [0, 0.1) is 0 Å². The summed E-state index contributed by atoms with van der Waals surface area (Å²) in [5.41, 5.74) is 4.27. The number of rotatable bonds is 4. The molecule has 0 atom stereocenters. The van der Waals surface area contributed by atoms with Gasteiger partial charge < -0.3 is 4.98 Å². The van der Waals surface area contributed by atoms with Crippen molar-refractivity contribution in [2.75, 3.05) is 0 Å². The van der Waals surface area contributed by atoms with Crippen molar-refractivity contribution in [1.82, 2.24) is 4.98 Å². The zero-order chi connectivity index (χ0) is 12.4. The molecule has 0 saturated carbocycles. The van der Waals surface area contributed by atoms with Crippen LogP contribution in [0.15, 0.2) is 43.1 Å². The molecular formula is C15H16ClN. The summed E-state index contributed by atoms with van der Waals surface area (Å²) < 4.78 is 0. The van der Waals surface area contributed by atoms with Crippen LogP contribution in [0.5, 0.6) is 0 Å². The first kappa shape index (κ1) is 12.0. The van der Waals surface area contributed by atoms with Crippen LogP contribution in [-0.2, 0) is 0 Å². The number of benzene rings is 1. The van der Waals surface area contributed by atoms with Crippen LogP contribution in [0.25, 0.3) is 16.5 Å². The number of H-pyrrole nitrogens is 1. The number of aromatic nitrogens is 1. The second kappa shape index (κ2) is 4.80. The summed E-state index contributed by atoms with van der Waals surface area (Å²) in [5.74, 6) is 0. The monoisotopic (exact) mass is 245 g/mol. The molecule has 1 N–H and O–H groups in total. The number of nitrogens with one attached hydrogen (secondary N) is 1. The van der Waals surface area contributed by atoms with Crippen molar-refractivity contribution in [2.45, 2.75) is 19.8 Å². The zero-order valence-corrected chi connectivity index (χ0v) is 10.8. The molecule has 1 heterocycles. The summed E-state index contributed by atoms with van der Waals surface area (Å²) in [6.45, 7) is 10.4. The zero-order valence-electron chi connectivity index (χ0n) is 10.0. The average Bonchev–Trinajstić information content (AvgIpc) is 2.71. The Morgan fingerprint density at radius 3 is 2.82 bits per heavy atom. The van der Waals surface area contributed by atoms with Gasteiger partial charge in [0.1, 0.15) is 0 Å². The number of aromatic amines is 1. The highest BCUT2D eigenvalue weighted by molar-refractivity contribution is 6.31. The first-order valence-electron chi connectivity index (χ1n) is 5.77. The summed E-state index contributed by atoms with van der Waals surface area (Å²) in [6.07, 6.45) is 4.05. The van der Waals surface area contributed by atoms with Crippen molar-refractivity contribution < 1.29 is 0 Å². The minimum Gasteiger partial charge on any atom is -0.361 e. The van der Waals surface area contributed by atoms with Gasteiger partial charge in [-0.3, -0.25) is 0 Å². The third-order valence-electron chi connectivity index (χ3n) is 2.95. The summed E-state index contributed by atoms with van der Waals surface area (Å²) in [4.78, 5) is 3.22. The molecule has 0 spiro atoms.